The van der Waals surface area contributed by atoms with Crippen LogP contribution in [0.15, 0.2) is 17.3 Å². The molecule has 1 aromatic rings. The first-order valence-electron chi connectivity index (χ1n) is 6.21. The normalized spacial score (nSPS) is 20.4. The Morgan fingerprint density at radius 3 is 3.26 bits per heavy atom. The molecule has 7 nitrogen and oxygen atoms in total. The molecule has 1 atom stereocenters. The van der Waals surface area contributed by atoms with E-state index in [-0.39, 0.29) is 6.10 Å². The minimum Gasteiger partial charge on any atom is -0.467 e. The topological polar surface area (TPSA) is 85.9 Å². The zero-order chi connectivity index (χ0) is 13.7. The van der Waals surface area contributed by atoms with Crippen LogP contribution in [-0.4, -0.2) is 53.7 Å². The molecule has 1 saturated heterocycles. The summed E-state index contributed by atoms with van der Waals surface area (Å²) in [6.07, 6.45) is 1.82. The second kappa shape index (κ2) is 6.33. The SMILES string of the molecule is COc1nccc(CN=C(N)N2CCOC(C)C2)n1. The highest BCUT2D eigenvalue weighted by atomic mass is 16.5. The molecule has 0 aromatic carbocycles. The lowest BCUT2D eigenvalue weighted by molar-refractivity contribution is 0.00528. The fraction of sp³-hybridized carbons (Fsp3) is 0.583. The van der Waals surface area contributed by atoms with Crippen molar-refractivity contribution in [1.82, 2.24) is 14.9 Å². The van der Waals surface area contributed by atoms with Gasteiger partial charge in [-0.2, -0.15) is 4.98 Å². The largest absolute Gasteiger partial charge is 0.467 e. The van der Waals surface area contributed by atoms with Crippen molar-refractivity contribution in [3.05, 3.63) is 18.0 Å². The quantitative estimate of drug-likeness (QED) is 0.612. The van der Waals surface area contributed by atoms with Crippen LogP contribution in [0.2, 0.25) is 0 Å². The molecule has 0 spiro atoms. The molecule has 0 saturated carbocycles. The molecule has 2 N–H and O–H groups in total. The van der Waals surface area contributed by atoms with Gasteiger partial charge < -0.3 is 20.1 Å². The fourth-order valence-corrected chi connectivity index (χ4v) is 1.85. The molecule has 2 rings (SSSR count). The zero-order valence-corrected chi connectivity index (χ0v) is 11.2. The van der Waals surface area contributed by atoms with Crippen LogP contribution < -0.4 is 10.5 Å². The van der Waals surface area contributed by atoms with E-state index in [1.54, 1.807) is 12.3 Å². The number of nitrogens with zero attached hydrogens (tertiary/aromatic N) is 4. The standard InChI is InChI=1S/C12H19N5O2/c1-9-8-17(5-6-19-9)11(13)15-7-10-3-4-14-12(16-10)18-2/h3-4,9H,5-8H2,1-2H3,(H2,13,15). The highest BCUT2D eigenvalue weighted by Crippen LogP contribution is 2.06. The van der Waals surface area contributed by atoms with Crippen LogP contribution in [0.4, 0.5) is 0 Å². The number of morpholine rings is 1. The molecule has 1 aliphatic heterocycles. The number of guanidine groups is 1. The van der Waals surface area contributed by atoms with E-state index in [4.69, 9.17) is 15.2 Å². The number of hydrogen-bond donors (Lipinski definition) is 1. The lowest BCUT2D eigenvalue weighted by Crippen LogP contribution is -2.47. The van der Waals surface area contributed by atoms with Crippen molar-refractivity contribution >= 4 is 5.96 Å². The average molecular weight is 265 g/mol. The summed E-state index contributed by atoms with van der Waals surface area (Å²) >= 11 is 0. The van der Waals surface area contributed by atoms with Gasteiger partial charge in [0.15, 0.2) is 5.96 Å². The molecular formula is C12H19N5O2. The molecular weight excluding hydrogens is 246 g/mol. The first-order valence-corrected chi connectivity index (χ1v) is 6.21. The molecule has 1 fully saturated rings. The maximum Gasteiger partial charge on any atom is 0.316 e. The Morgan fingerprint density at radius 1 is 1.68 bits per heavy atom. The summed E-state index contributed by atoms with van der Waals surface area (Å²) in [6.45, 7) is 4.65. The second-order valence-corrected chi connectivity index (χ2v) is 4.34. The Kier molecular flexibility index (Phi) is 4.51. The van der Waals surface area contributed by atoms with E-state index in [1.165, 1.54) is 7.11 Å². The Bertz CT molecular complexity index is 452. The van der Waals surface area contributed by atoms with Crippen LogP contribution in [0.5, 0.6) is 6.01 Å². The lowest BCUT2D eigenvalue weighted by Gasteiger charge is -2.31. The Balaban J connectivity index is 1.96. The Labute approximate surface area is 112 Å². The van der Waals surface area contributed by atoms with Crippen LogP contribution in [0.1, 0.15) is 12.6 Å². The van der Waals surface area contributed by atoms with Crippen molar-refractivity contribution in [2.24, 2.45) is 10.7 Å². The molecule has 104 valence electrons. The molecule has 1 aromatic heterocycles. The molecule has 1 unspecified atom stereocenters. The number of rotatable bonds is 3. The van der Waals surface area contributed by atoms with Gasteiger partial charge in [0.05, 0.1) is 32.1 Å². The number of aromatic nitrogens is 2. The van der Waals surface area contributed by atoms with Crippen molar-refractivity contribution in [2.75, 3.05) is 26.8 Å². The monoisotopic (exact) mass is 265 g/mol. The van der Waals surface area contributed by atoms with Crippen LogP contribution >= 0.6 is 0 Å². The maximum atomic E-state index is 5.97. The van der Waals surface area contributed by atoms with Gasteiger partial charge in [-0.25, -0.2) is 9.98 Å². The highest BCUT2D eigenvalue weighted by molar-refractivity contribution is 5.78. The van der Waals surface area contributed by atoms with E-state index in [0.29, 0.717) is 25.1 Å². The van der Waals surface area contributed by atoms with Gasteiger partial charge in [0.1, 0.15) is 0 Å². The summed E-state index contributed by atoms with van der Waals surface area (Å²) in [5.41, 5.74) is 6.75. The van der Waals surface area contributed by atoms with E-state index < -0.39 is 0 Å². The Morgan fingerprint density at radius 2 is 2.53 bits per heavy atom. The lowest BCUT2D eigenvalue weighted by atomic mass is 10.3. The predicted molar refractivity (Wildman–Crippen MR) is 70.9 cm³/mol. The Hall–Kier alpha value is -1.89. The van der Waals surface area contributed by atoms with Gasteiger partial charge in [0.25, 0.3) is 0 Å². The summed E-state index contributed by atoms with van der Waals surface area (Å²) in [4.78, 5) is 14.5. The predicted octanol–water partition coefficient (Wildman–Crippen LogP) is 0.0206. The van der Waals surface area contributed by atoms with Gasteiger partial charge in [-0.15, -0.1) is 0 Å². The van der Waals surface area contributed by atoms with Crippen LogP contribution in [-0.2, 0) is 11.3 Å². The molecule has 0 radical (unpaired) electrons. The number of hydrogen-bond acceptors (Lipinski definition) is 5. The molecule has 0 amide bonds. The van der Waals surface area contributed by atoms with Gasteiger partial charge in [0, 0.05) is 19.3 Å². The van der Waals surface area contributed by atoms with Gasteiger partial charge in [0.2, 0.25) is 0 Å². The summed E-state index contributed by atoms with van der Waals surface area (Å²) in [5.74, 6) is 0.521. The van der Waals surface area contributed by atoms with E-state index >= 15 is 0 Å². The zero-order valence-electron chi connectivity index (χ0n) is 11.2. The third-order valence-electron chi connectivity index (χ3n) is 2.84. The van der Waals surface area contributed by atoms with Crippen LogP contribution in [0.25, 0.3) is 0 Å². The average Bonchev–Trinajstić information content (AvgIpc) is 2.45. The van der Waals surface area contributed by atoms with E-state index in [9.17, 15) is 0 Å². The van der Waals surface area contributed by atoms with Gasteiger partial charge in [-0.1, -0.05) is 0 Å². The number of nitrogens with two attached hydrogens (primary N) is 1. The third-order valence-corrected chi connectivity index (χ3v) is 2.84. The van der Waals surface area contributed by atoms with Gasteiger partial charge in [-0.3, -0.25) is 0 Å². The number of aliphatic imine (C=N–C) groups is 1. The van der Waals surface area contributed by atoms with Crippen molar-refractivity contribution in [2.45, 2.75) is 19.6 Å². The van der Waals surface area contributed by atoms with Gasteiger partial charge in [-0.05, 0) is 13.0 Å². The van der Waals surface area contributed by atoms with E-state index in [1.807, 2.05) is 11.8 Å². The molecule has 2 heterocycles. The van der Waals surface area contributed by atoms with Crippen molar-refractivity contribution < 1.29 is 9.47 Å². The molecule has 19 heavy (non-hydrogen) atoms. The minimum atomic E-state index is 0.182. The highest BCUT2D eigenvalue weighted by Gasteiger charge is 2.17. The second-order valence-electron chi connectivity index (χ2n) is 4.34. The summed E-state index contributed by atoms with van der Waals surface area (Å²) in [5, 5.41) is 0. The van der Waals surface area contributed by atoms with Crippen molar-refractivity contribution in [3.8, 4) is 6.01 Å². The number of ether oxygens (including phenoxy) is 2. The van der Waals surface area contributed by atoms with Crippen molar-refractivity contribution in [1.29, 1.82) is 0 Å². The van der Waals surface area contributed by atoms with E-state index in [0.717, 1.165) is 18.8 Å². The van der Waals surface area contributed by atoms with Crippen LogP contribution in [0.3, 0.4) is 0 Å². The van der Waals surface area contributed by atoms with Gasteiger partial charge >= 0.3 is 6.01 Å². The number of methoxy groups -OCH3 is 1. The molecule has 1 aliphatic rings. The van der Waals surface area contributed by atoms with Crippen molar-refractivity contribution in [3.63, 3.8) is 0 Å². The summed E-state index contributed by atoms with van der Waals surface area (Å²) < 4.78 is 10.4. The first kappa shape index (κ1) is 13.5. The molecule has 0 aliphatic carbocycles. The van der Waals surface area contributed by atoms with E-state index in [2.05, 4.69) is 15.0 Å². The van der Waals surface area contributed by atoms with Crippen LogP contribution in [0, 0.1) is 0 Å². The maximum absolute atomic E-state index is 5.97. The minimum absolute atomic E-state index is 0.182. The molecule has 7 heteroatoms. The third kappa shape index (κ3) is 3.78. The smallest absolute Gasteiger partial charge is 0.316 e. The summed E-state index contributed by atoms with van der Waals surface area (Å²) in [6, 6.07) is 2.13. The first-order chi connectivity index (χ1) is 9.19. The fourth-order valence-electron chi connectivity index (χ4n) is 1.85. The molecule has 0 bridgehead atoms. The summed E-state index contributed by atoms with van der Waals surface area (Å²) in [7, 11) is 1.53.